The number of nitrogens with zero attached hydrogens (tertiary/aromatic N) is 3. The van der Waals surface area contributed by atoms with Gasteiger partial charge in [-0.2, -0.15) is 4.98 Å². The standard InChI is InChI=1S/C21H19N5O3S2/c1-12-4-3-5-13(8-12)26-17(22)10-18(27)25-21(26)30-11-19(28)24-20-23-15-7-6-14(29-2)9-16(15)31-20/h3-10H,11,22H2,1-2H3,(H,23,24,28). The van der Waals surface area contributed by atoms with E-state index in [1.807, 2.05) is 49.4 Å². The van der Waals surface area contributed by atoms with E-state index >= 15 is 0 Å². The van der Waals surface area contributed by atoms with Crippen molar-refractivity contribution >= 4 is 50.2 Å². The average Bonchev–Trinajstić information content (AvgIpc) is 3.13. The Morgan fingerprint density at radius 1 is 1.23 bits per heavy atom. The van der Waals surface area contributed by atoms with Gasteiger partial charge in [-0.3, -0.25) is 14.2 Å². The maximum Gasteiger partial charge on any atom is 0.275 e. The minimum atomic E-state index is -0.454. The van der Waals surface area contributed by atoms with Gasteiger partial charge in [0.2, 0.25) is 5.91 Å². The predicted molar refractivity (Wildman–Crippen MR) is 125 cm³/mol. The number of fused-ring (bicyclic) bond motifs is 1. The van der Waals surface area contributed by atoms with Gasteiger partial charge in [0.1, 0.15) is 11.6 Å². The van der Waals surface area contributed by atoms with Crippen LogP contribution in [0.2, 0.25) is 0 Å². The smallest absolute Gasteiger partial charge is 0.275 e. The van der Waals surface area contributed by atoms with Gasteiger partial charge in [-0.1, -0.05) is 35.2 Å². The second-order valence-corrected chi connectivity index (χ2v) is 8.64. The van der Waals surface area contributed by atoms with Gasteiger partial charge >= 0.3 is 0 Å². The van der Waals surface area contributed by atoms with E-state index in [0.29, 0.717) is 10.3 Å². The molecule has 0 radical (unpaired) electrons. The number of aryl methyl sites for hydroxylation is 1. The van der Waals surface area contributed by atoms with E-state index in [0.717, 1.165) is 39.0 Å². The first kappa shape index (κ1) is 20.9. The lowest BCUT2D eigenvalue weighted by molar-refractivity contribution is -0.113. The van der Waals surface area contributed by atoms with Crippen LogP contribution in [0.15, 0.2) is 58.5 Å². The van der Waals surface area contributed by atoms with E-state index in [1.54, 1.807) is 11.7 Å². The van der Waals surface area contributed by atoms with Crippen LogP contribution in [0.3, 0.4) is 0 Å². The number of thioether (sulfide) groups is 1. The van der Waals surface area contributed by atoms with Gasteiger partial charge in [-0.25, -0.2) is 4.98 Å². The lowest BCUT2D eigenvalue weighted by atomic mass is 10.2. The number of carbonyl (C=O) groups excluding carboxylic acids is 1. The predicted octanol–water partition coefficient (Wildman–Crippen LogP) is 3.47. The van der Waals surface area contributed by atoms with Gasteiger partial charge in [0.25, 0.3) is 5.56 Å². The zero-order valence-electron chi connectivity index (χ0n) is 16.8. The number of rotatable bonds is 6. The van der Waals surface area contributed by atoms with Crippen molar-refractivity contribution in [2.45, 2.75) is 12.1 Å². The van der Waals surface area contributed by atoms with Crippen LogP contribution in [0.25, 0.3) is 15.9 Å². The molecule has 0 atom stereocenters. The summed E-state index contributed by atoms with van der Waals surface area (Å²) in [5, 5.41) is 3.64. The van der Waals surface area contributed by atoms with Crippen LogP contribution in [0.5, 0.6) is 5.75 Å². The Bertz CT molecular complexity index is 1330. The van der Waals surface area contributed by atoms with Gasteiger partial charge in [-0.05, 0) is 42.8 Å². The summed E-state index contributed by atoms with van der Waals surface area (Å²) < 4.78 is 7.79. The van der Waals surface area contributed by atoms with Crippen molar-refractivity contribution in [3.8, 4) is 11.4 Å². The molecule has 2 heterocycles. The molecule has 0 aliphatic carbocycles. The van der Waals surface area contributed by atoms with Crippen molar-refractivity contribution in [1.82, 2.24) is 14.5 Å². The number of hydrogen-bond donors (Lipinski definition) is 2. The topological polar surface area (TPSA) is 112 Å². The van der Waals surface area contributed by atoms with Gasteiger partial charge in [-0.15, -0.1) is 0 Å². The summed E-state index contributed by atoms with van der Waals surface area (Å²) in [6, 6.07) is 14.5. The molecule has 158 valence electrons. The third kappa shape index (κ3) is 4.70. The molecule has 2 aromatic heterocycles. The molecular weight excluding hydrogens is 434 g/mol. The van der Waals surface area contributed by atoms with Crippen LogP contribution in [0.1, 0.15) is 5.56 Å². The molecule has 4 rings (SSSR count). The molecule has 0 unspecified atom stereocenters. The molecule has 10 heteroatoms. The number of anilines is 2. The van der Waals surface area contributed by atoms with Gasteiger partial charge < -0.3 is 15.8 Å². The molecule has 0 spiro atoms. The molecule has 31 heavy (non-hydrogen) atoms. The first-order valence-electron chi connectivity index (χ1n) is 9.27. The van der Waals surface area contributed by atoms with Crippen molar-refractivity contribution in [3.63, 3.8) is 0 Å². The molecule has 0 fully saturated rings. The highest BCUT2D eigenvalue weighted by molar-refractivity contribution is 7.99. The van der Waals surface area contributed by atoms with Crippen LogP contribution in [-0.2, 0) is 4.79 Å². The van der Waals surface area contributed by atoms with Crippen molar-refractivity contribution in [2.75, 3.05) is 23.9 Å². The summed E-state index contributed by atoms with van der Waals surface area (Å²) in [5.41, 5.74) is 8.22. The monoisotopic (exact) mass is 453 g/mol. The van der Waals surface area contributed by atoms with E-state index in [4.69, 9.17) is 10.5 Å². The van der Waals surface area contributed by atoms with Gasteiger partial charge in [0.15, 0.2) is 10.3 Å². The van der Waals surface area contributed by atoms with Crippen LogP contribution in [-0.4, -0.2) is 33.3 Å². The third-order valence-corrected chi connectivity index (χ3v) is 6.23. The number of nitrogens with one attached hydrogen (secondary N) is 1. The van der Waals surface area contributed by atoms with E-state index in [9.17, 15) is 9.59 Å². The lowest BCUT2D eigenvalue weighted by Crippen LogP contribution is -2.19. The highest BCUT2D eigenvalue weighted by Crippen LogP contribution is 2.29. The summed E-state index contributed by atoms with van der Waals surface area (Å²) in [4.78, 5) is 32.9. The first-order valence-corrected chi connectivity index (χ1v) is 11.1. The number of hydrogen-bond acceptors (Lipinski definition) is 8. The average molecular weight is 454 g/mol. The molecule has 0 aliphatic heterocycles. The number of ether oxygens (including phenoxy) is 1. The minimum absolute atomic E-state index is 0.0426. The molecule has 3 N–H and O–H groups in total. The SMILES string of the molecule is COc1ccc2nc(NC(=O)CSc3nc(=O)cc(N)n3-c3cccc(C)c3)sc2c1. The molecule has 0 aliphatic rings. The molecule has 8 nitrogen and oxygen atoms in total. The number of nitrogen functional groups attached to an aromatic ring is 1. The maximum absolute atomic E-state index is 12.5. The van der Waals surface area contributed by atoms with Gasteiger partial charge in [0.05, 0.1) is 23.1 Å². The summed E-state index contributed by atoms with van der Waals surface area (Å²) in [5.74, 6) is 0.768. The zero-order chi connectivity index (χ0) is 22.0. The Hall–Kier alpha value is -3.37. The zero-order valence-corrected chi connectivity index (χ0v) is 18.4. The Kier molecular flexibility index (Phi) is 5.92. The van der Waals surface area contributed by atoms with E-state index in [2.05, 4.69) is 15.3 Å². The third-order valence-electron chi connectivity index (χ3n) is 4.36. The molecule has 0 saturated carbocycles. The first-order chi connectivity index (χ1) is 14.9. The van der Waals surface area contributed by atoms with E-state index in [-0.39, 0.29) is 17.5 Å². The number of carbonyl (C=O) groups is 1. The van der Waals surface area contributed by atoms with Crippen LogP contribution < -0.4 is 21.3 Å². The largest absolute Gasteiger partial charge is 0.497 e. The number of amides is 1. The highest BCUT2D eigenvalue weighted by atomic mass is 32.2. The number of aromatic nitrogens is 3. The Balaban J connectivity index is 1.52. The number of benzene rings is 2. The second kappa shape index (κ2) is 8.78. The Morgan fingerprint density at radius 2 is 2.06 bits per heavy atom. The summed E-state index contributed by atoms with van der Waals surface area (Å²) >= 11 is 2.49. The molecule has 2 aromatic carbocycles. The minimum Gasteiger partial charge on any atom is -0.497 e. The molecule has 0 saturated heterocycles. The van der Waals surface area contributed by atoms with Crippen LogP contribution in [0.4, 0.5) is 10.9 Å². The van der Waals surface area contributed by atoms with Crippen LogP contribution >= 0.6 is 23.1 Å². The van der Waals surface area contributed by atoms with Crippen LogP contribution in [0, 0.1) is 6.92 Å². The fourth-order valence-corrected chi connectivity index (χ4v) is 4.71. The Labute approximate surface area is 186 Å². The summed E-state index contributed by atoms with van der Waals surface area (Å²) in [7, 11) is 1.60. The summed E-state index contributed by atoms with van der Waals surface area (Å²) in [6.45, 7) is 1.96. The van der Waals surface area contributed by atoms with Crippen molar-refractivity contribution in [1.29, 1.82) is 0 Å². The lowest BCUT2D eigenvalue weighted by Gasteiger charge is -2.15. The molecule has 4 aromatic rings. The number of methoxy groups -OCH3 is 1. The van der Waals surface area contributed by atoms with E-state index in [1.165, 1.54) is 17.4 Å². The van der Waals surface area contributed by atoms with Gasteiger partial charge in [0, 0.05) is 11.8 Å². The number of thiazole rings is 1. The van der Waals surface area contributed by atoms with Crippen molar-refractivity contribution in [2.24, 2.45) is 0 Å². The quantitative estimate of drug-likeness (QED) is 0.339. The van der Waals surface area contributed by atoms with Crippen molar-refractivity contribution < 1.29 is 9.53 Å². The fourth-order valence-electron chi connectivity index (χ4n) is 2.97. The second-order valence-electron chi connectivity index (χ2n) is 6.67. The fraction of sp³-hybridized carbons (Fsp3) is 0.143. The van der Waals surface area contributed by atoms with Crippen molar-refractivity contribution in [3.05, 3.63) is 64.4 Å². The molecule has 1 amide bonds. The summed E-state index contributed by atoms with van der Waals surface area (Å²) in [6.07, 6.45) is 0. The number of nitrogens with two attached hydrogens (primary N) is 1. The van der Waals surface area contributed by atoms with E-state index < -0.39 is 5.56 Å². The highest BCUT2D eigenvalue weighted by Gasteiger charge is 2.14. The molecular formula is C21H19N5O3S2. The molecule has 0 bridgehead atoms. The maximum atomic E-state index is 12.5. The normalized spacial score (nSPS) is 10.9. The Morgan fingerprint density at radius 3 is 2.84 bits per heavy atom.